The molecule has 0 aromatic carbocycles. The highest BCUT2D eigenvalue weighted by Crippen LogP contribution is 2.10. The third-order valence-electron chi connectivity index (χ3n) is 2.42. The molecule has 0 saturated carbocycles. The first-order valence-electron chi connectivity index (χ1n) is 4.88. The highest BCUT2D eigenvalue weighted by atomic mass is 32.1. The van der Waals surface area contributed by atoms with Gasteiger partial charge in [0.1, 0.15) is 0 Å². The van der Waals surface area contributed by atoms with Gasteiger partial charge < -0.3 is 5.11 Å². The van der Waals surface area contributed by atoms with Crippen LogP contribution in [-0.2, 0) is 11.3 Å². The summed E-state index contributed by atoms with van der Waals surface area (Å²) in [6.07, 6.45) is 0.901. The van der Waals surface area contributed by atoms with Crippen LogP contribution in [0.2, 0.25) is 0 Å². The van der Waals surface area contributed by atoms with Crippen molar-refractivity contribution in [3.8, 4) is 0 Å². The van der Waals surface area contributed by atoms with Gasteiger partial charge in [-0.1, -0.05) is 0 Å². The van der Waals surface area contributed by atoms with E-state index < -0.39 is 5.97 Å². The SMILES string of the molecule is CC(CCC(=O)O)N(C)Cc1cscn1. The minimum atomic E-state index is -0.732. The zero-order valence-corrected chi connectivity index (χ0v) is 9.83. The van der Waals surface area contributed by atoms with Gasteiger partial charge >= 0.3 is 5.97 Å². The fourth-order valence-corrected chi connectivity index (χ4v) is 1.83. The Hall–Kier alpha value is -0.940. The number of hydrogen-bond acceptors (Lipinski definition) is 4. The zero-order valence-electron chi connectivity index (χ0n) is 9.01. The molecule has 4 nitrogen and oxygen atoms in total. The lowest BCUT2D eigenvalue weighted by atomic mass is 10.1. The summed E-state index contributed by atoms with van der Waals surface area (Å²) in [5, 5.41) is 10.6. The molecule has 0 aliphatic rings. The van der Waals surface area contributed by atoms with Crippen molar-refractivity contribution in [2.75, 3.05) is 7.05 Å². The molecule has 0 fully saturated rings. The summed E-state index contributed by atoms with van der Waals surface area (Å²) in [7, 11) is 1.99. The molecule has 0 bridgehead atoms. The number of aliphatic carboxylic acids is 1. The Balaban J connectivity index is 2.33. The Kier molecular flexibility index (Phi) is 4.71. The van der Waals surface area contributed by atoms with Crippen molar-refractivity contribution in [3.63, 3.8) is 0 Å². The topological polar surface area (TPSA) is 53.4 Å². The van der Waals surface area contributed by atoms with Crippen LogP contribution in [0, 0.1) is 0 Å². The fraction of sp³-hybridized carbons (Fsp3) is 0.600. The Labute approximate surface area is 93.6 Å². The van der Waals surface area contributed by atoms with Gasteiger partial charge in [0.15, 0.2) is 0 Å². The number of carboxylic acid groups (broad SMARTS) is 1. The summed E-state index contributed by atoms with van der Waals surface area (Å²) in [4.78, 5) is 16.7. The third-order valence-corrected chi connectivity index (χ3v) is 3.06. The van der Waals surface area contributed by atoms with E-state index in [1.54, 1.807) is 11.3 Å². The average molecular weight is 228 g/mol. The maximum Gasteiger partial charge on any atom is 0.303 e. The number of hydrogen-bond donors (Lipinski definition) is 1. The van der Waals surface area contributed by atoms with Gasteiger partial charge in [-0.15, -0.1) is 11.3 Å². The third kappa shape index (κ3) is 4.40. The monoisotopic (exact) mass is 228 g/mol. The van der Waals surface area contributed by atoms with E-state index in [-0.39, 0.29) is 12.5 Å². The van der Waals surface area contributed by atoms with Gasteiger partial charge in [-0.25, -0.2) is 4.98 Å². The molecule has 1 rings (SSSR count). The van der Waals surface area contributed by atoms with E-state index >= 15 is 0 Å². The lowest BCUT2D eigenvalue weighted by Gasteiger charge is -2.23. The van der Waals surface area contributed by atoms with E-state index in [1.807, 2.05) is 24.9 Å². The molecule has 0 aliphatic carbocycles. The second-order valence-corrected chi connectivity index (χ2v) is 4.40. The van der Waals surface area contributed by atoms with E-state index in [4.69, 9.17) is 5.11 Å². The summed E-state index contributed by atoms with van der Waals surface area (Å²) in [5.41, 5.74) is 2.86. The van der Waals surface area contributed by atoms with E-state index in [1.165, 1.54) is 0 Å². The second-order valence-electron chi connectivity index (χ2n) is 3.68. The predicted octanol–water partition coefficient (Wildman–Crippen LogP) is 1.83. The Morgan fingerprint density at radius 1 is 1.73 bits per heavy atom. The molecule has 0 saturated heterocycles. The van der Waals surface area contributed by atoms with Crippen molar-refractivity contribution in [2.24, 2.45) is 0 Å². The van der Waals surface area contributed by atoms with Crippen LogP contribution in [0.4, 0.5) is 0 Å². The van der Waals surface area contributed by atoms with Crippen LogP contribution in [0.3, 0.4) is 0 Å². The molecule has 1 aromatic heterocycles. The van der Waals surface area contributed by atoms with Gasteiger partial charge in [0.2, 0.25) is 0 Å². The Bertz CT molecular complexity index is 300. The molecule has 1 N–H and O–H groups in total. The molecule has 1 heterocycles. The predicted molar refractivity (Wildman–Crippen MR) is 59.9 cm³/mol. The smallest absolute Gasteiger partial charge is 0.303 e. The van der Waals surface area contributed by atoms with Crippen LogP contribution < -0.4 is 0 Å². The molecule has 0 spiro atoms. The average Bonchev–Trinajstić information content (AvgIpc) is 2.66. The molecule has 84 valence electrons. The van der Waals surface area contributed by atoms with Gasteiger partial charge in [-0.2, -0.15) is 0 Å². The highest BCUT2D eigenvalue weighted by Gasteiger charge is 2.11. The first-order valence-corrected chi connectivity index (χ1v) is 5.83. The molecular weight excluding hydrogens is 212 g/mol. The minimum absolute atomic E-state index is 0.225. The van der Waals surface area contributed by atoms with Crippen molar-refractivity contribution < 1.29 is 9.90 Å². The van der Waals surface area contributed by atoms with Gasteiger partial charge in [0, 0.05) is 24.4 Å². The molecule has 0 aliphatic heterocycles. The first kappa shape index (κ1) is 12.1. The normalized spacial score (nSPS) is 13.0. The van der Waals surface area contributed by atoms with E-state index in [0.29, 0.717) is 6.42 Å². The number of carboxylic acids is 1. The standard InChI is InChI=1S/C10H16N2O2S/c1-8(3-4-10(13)14)12(2)5-9-6-15-7-11-9/h6-8H,3-5H2,1-2H3,(H,13,14). The van der Waals surface area contributed by atoms with Crippen LogP contribution in [0.1, 0.15) is 25.5 Å². The Morgan fingerprint density at radius 3 is 3.00 bits per heavy atom. The second kappa shape index (κ2) is 5.82. The number of nitrogens with zero attached hydrogens (tertiary/aromatic N) is 2. The quantitative estimate of drug-likeness (QED) is 0.807. The van der Waals surface area contributed by atoms with Crippen molar-refractivity contribution in [1.29, 1.82) is 0 Å². The number of aromatic nitrogens is 1. The van der Waals surface area contributed by atoms with E-state index in [9.17, 15) is 4.79 Å². The van der Waals surface area contributed by atoms with Crippen molar-refractivity contribution in [2.45, 2.75) is 32.4 Å². The van der Waals surface area contributed by atoms with Gasteiger partial charge in [-0.05, 0) is 20.4 Å². The molecule has 1 atom stereocenters. The van der Waals surface area contributed by atoms with Crippen LogP contribution in [0.15, 0.2) is 10.9 Å². The van der Waals surface area contributed by atoms with Gasteiger partial charge in [0.25, 0.3) is 0 Å². The van der Waals surface area contributed by atoms with Gasteiger partial charge in [-0.3, -0.25) is 9.69 Å². The van der Waals surface area contributed by atoms with Crippen molar-refractivity contribution >= 4 is 17.3 Å². The summed E-state index contributed by atoms with van der Waals surface area (Å²) in [6, 6.07) is 0.266. The highest BCUT2D eigenvalue weighted by molar-refractivity contribution is 7.07. The summed E-state index contributed by atoms with van der Waals surface area (Å²) in [5.74, 6) is -0.732. The summed E-state index contributed by atoms with van der Waals surface area (Å²) < 4.78 is 0. The maximum absolute atomic E-state index is 10.4. The minimum Gasteiger partial charge on any atom is -0.481 e. The summed E-state index contributed by atoms with van der Waals surface area (Å²) in [6.45, 7) is 2.82. The molecule has 1 aromatic rings. The Morgan fingerprint density at radius 2 is 2.47 bits per heavy atom. The van der Waals surface area contributed by atoms with E-state index in [2.05, 4.69) is 9.88 Å². The first-order chi connectivity index (χ1) is 7.09. The number of carbonyl (C=O) groups is 1. The zero-order chi connectivity index (χ0) is 11.3. The number of rotatable bonds is 6. The van der Waals surface area contributed by atoms with E-state index in [0.717, 1.165) is 12.2 Å². The van der Waals surface area contributed by atoms with Crippen molar-refractivity contribution in [1.82, 2.24) is 9.88 Å². The van der Waals surface area contributed by atoms with Crippen molar-refractivity contribution in [3.05, 3.63) is 16.6 Å². The molecule has 0 radical (unpaired) electrons. The molecular formula is C10H16N2O2S. The lowest BCUT2D eigenvalue weighted by molar-refractivity contribution is -0.137. The maximum atomic E-state index is 10.4. The molecule has 5 heteroatoms. The fourth-order valence-electron chi connectivity index (χ4n) is 1.28. The van der Waals surface area contributed by atoms with Crippen LogP contribution in [0.25, 0.3) is 0 Å². The molecule has 0 amide bonds. The summed E-state index contributed by atoms with van der Waals surface area (Å²) >= 11 is 1.58. The largest absolute Gasteiger partial charge is 0.481 e. The molecule has 1 unspecified atom stereocenters. The van der Waals surface area contributed by atoms with Crippen LogP contribution in [0.5, 0.6) is 0 Å². The number of thiazole rings is 1. The lowest BCUT2D eigenvalue weighted by Crippen LogP contribution is -2.29. The molecule has 15 heavy (non-hydrogen) atoms. The van der Waals surface area contributed by atoms with Crippen LogP contribution in [-0.4, -0.2) is 34.0 Å². The van der Waals surface area contributed by atoms with Gasteiger partial charge in [0.05, 0.1) is 11.2 Å². The van der Waals surface area contributed by atoms with Crippen LogP contribution >= 0.6 is 11.3 Å².